The standard InChI is InChI=1S/C14H11ClN2O4S/c15-22(19,20)12-8-4-7-11(9-12)14(18)21-17-13(16)10-5-2-1-3-6-10/h1-9H,(H2,16,17). The molecule has 0 spiro atoms. The van der Waals surface area contributed by atoms with E-state index in [1.807, 2.05) is 0 Å². The molecule has 0 aliphatic carbocycles. The summed E-state index contributed by atoms with van der Waals surface area (Å²) in [4.78, 5) is 16.3. The highest BCUT2D eigenvalue weighted by Gasteiger charge is 2.14. The molecule has 2 aromatic rings. The molecule has 0 aliphatic rings. The Labute approximate surface area is 131 Å². The van der Waals surface area contributed by atoms with E-state index in [4.69, 9.17) is 21.3 Å². The van der Waals surface area contributed by atoms with Crippen LogP contribution in [0, 0.1) is 0 Å². The molecule has 0 aliphatic heterocycles. The van der Waals surface area contributed by atoms with Crippen LogP contribution in [0.4, 0.5) is 0 Å². The van der Waals surface area contributed by atoms with E-state index in [-0.39, 0.29) is 16.3 Å². The fourth-order valence-corrected chi connectivity index (χ4v) is 2.38. The Morgan fingerprint density at radius 3 is 2.32 bits per heavy atom. The first kappa shape index (κ1) is 16.0. The summed E-state index contributed by atoms with van der Waals surface area (Å²) in [5.41, 5.74) is 6.26. The first-order valence-corrected chi connectivity index (χ1v) is 8.34. The average Bonchev–Trinajstić information content (AvgIpc) is 2.52. The molecule has 22 heavy (non-hydrogen) atoms. The topological polar surface area (TPSA) is 98.8 Å². The van der Waals surface area contributed by atoms with E-state index >= 15 is 0 Å². The lowest BCUT2D eigenvalue weighted by Gasteiger charge is -2.02. The predicted molar refractivity (Wildman–Crippen MR) is 82.1 cm³/mol. The van der Waals surface area contributed by atoms with Gasteiger partial charge in [-0.1, -0.05) is 41.6 Å². The summed E-state index contributed by atoms with van der Waals surface area (Å²) in [5.74, 6) is -0.823. The molecule has 2 rings (SSSR count). The van der Waals surface area contributed by atoms with E-state index in [1.54, 1.807) is 30.3 Å². The largest absolute Gasteiger partial charge is 0.380 e. The van der Waals surface area contributed by atoms with Gasteiger partial charge in [0.05, 0.1) is 10.5 Å². The molecule has 114 valence electrons. The molecule has 0 aromatic heterocycles. The maximum Gasteiger partial charge on any atom is 0.365 e. The Balaban J connectivity index is 2.17. The van der Waals surface area contributed by atoms with E-state index < -0.39 is 15.0 Å². The summed E-state index contributed by atoms with van der Waals surface area (Å²) >= 11 is 0. The molecule has 0 saturated carbocycles. The maximum absolute atomic E-state index is 11.8. The highest BCUT2D eigenvalue weighted by molar-refractivity contribution is 8.13. The summed E-state index contributed by atoms with van der Waals surface area (Å²) in [6.45, 7) is 0. The molecule has 6 nitrogen and oxygen atoms in total. The Morgan fingerprint density at radius 2 is 1.68 bits per heavy atom. The van der Waals surface area contributed by atoms with Crippen molar-refractivity contribution in [3.8, 4) is 0 Å². The van der Waals surface area contributed by atoms with Crippen molar-refractivity contribution in [2.24, 2.45) is 10.9 Å². The van der Waals surface area contributed by atoms with Gasteiger partial charge in [0.25, 0.3) is 9.05 Å². The van der Waals surface area contributed by atoms with Crippen LogP contribution in [0.5, 0.6) is 0 Å². The number of hydrogen-bond donors (Lipinski definition) is 1. The van der Waals surface area contributed by atoms with Crippen LogP contribution in [-0.2, 0) is 13.9 Å². The van der Waals surface area contributed by atoms with Crippen molar-refractivity contribution in [1.29, 1.82) is 0 Å². The highest BCUT2D eigenvalue weighted by Crippen LogP contribution is 2.16. The monoisotopic (exact) mass is 338 g/mol. The van der Waals surface area contributed by atoms with Crippen LogP contribution in [0.2, 0.25) is 0 Å². The van der Waals surface area contributed by atoms with Crippen molar-refractivity contribution in [3.63, 3.8) is 0 Å². The molecule has 2 N–H and O–H groups in total. The van der Waals surface area contributed by atoms with Crippen molar-refractivity contribution >= 4 is 31.5 Å². The first-order chi connectivity index (χ1) is 10.4. The summed E-state index contributed by atoms with van der Waals surface area (Å²) in [6.07, 6.45) is 0. The molecule has 0 unspecified atom stereocenters. The van der Waals surface area contributed by atoms with Crippen LogP contribution >= 0.6 is 10.7 Å². The second-order valence-corrected chi connectivity index (χ2v) is 6.75. The molecule has 2 aromatic carbocycles. The maximum atomic E-state index is 11.8. The van der Waals surface area contributed by atoms with Gasteiger partial charge < -0.3 is 10.6 Å². The lowest BCUT2D eigenvalue weighted by atomic mass is 10.2. The minimum atomic E-state index is -3.93. The van der Waals surface area contributed by atoms with E-state index in [1.165, 1.54) is 18.2 Å². The summed E-state index contributed by atoms with van der Waals surface area (Å²) in [5, 5.41) is 3.53. The molecular weight excluding hydrogens is 328 g/mol. The minimum absolute atomic E-state index is 0.00802. The number of carbonyl (C=O) groups is 1. The highest BCUT2D eigenvalue weighted by atomic mass is 35.7. The number of amidine groups is 1. The van der Waals surface area contributed by atoms with Gasteiger partial charge in [-0.15, -0.1) is 0 Å². The molecule has 0 fully saturated rings. The number of hydrogen-bond acceptors (Lipinski definition) is 5. The van der Waals surface area contributed by atoms with Gasteiger partial charge in [-0.05, 0) is 18.2 Å². The number of oxime groups is 1. The van der Waals surface area contributed by atoms with Gasteiger partial charge in [0.15, 0.2) is 5.84 Å². The number of halogens is 1. The number of nitrogens with zero attached hydrogens (tertiary/aromatic N) is 1. The molecule has 0 radical (unpaired) electrons. The summed E-state index contributed by atoms with van der Waals surface area (Å²) in [7, 11) is 1.29. The summed E-state index contributed by atoms with van der Waals surface area (Å²) < 4.78 is 22.4. The third kappa shape index (κ3) is 4.06. The zero-order chi connectivity index (χ0) is 16.2. The van der Waals surface area contributed by atoms with Crippen LogP contribution in [-0.4, -0.2) is 20.2 Å². The third-order valence-electron chi connectivity index (χ3n) is 2.65. The van der Waals surface area contributed by atoms with Gasteiger partial charge in [-0.3, -0.25) is 0 Å². The second kappa shape index (κ2) is 6.59. The van der Waals surface area contributed by atoms with Gasteiger partial charge in [-0.25, -0.2) is 13.2 Å². The predicted octanol–water partition coefficient (Wildman–Crippen LogP) is 2.09. The number of nitrogens with two attached hydrogens (primary N) is 1. The van der Waals surface area contributed by atoms with Crippen molar-refractivity contribution < 1.29 is 18.0 Å². The normalized spacial score (nSPS) is 12.0. The van der Waals surface area contributed by atoms with Gasteiger partial charge in [-0.2, -0.15) is 0 Å². The molecule has 8 heteroatoms. The third-order valence-corrected chi connectivity index (χ3v) is 4.00. The molecule has 0 atom stereocenters. The van der Waals surface area contributed by atoms with Crippen LogP contribution in [0.3, 0.4) is 0 Å². The number of carbonyl (C=O) groups excluding carboxylic acids is 1. The fourth-order valence-electron chi connectivity index (χ4n) is 1.58. The zero-order valence-corrected chi connectivity index (χ0v) is 12.7. The van der Waals surface area contributed by atoms with Crippen molar-refractivity contribution in [3.05, 3.63) is 65.7 Å². The molecule has 0 bridgehead atoms. The Hall–Kier alpha value is -2.38. The fraction of sp³-hybridized carbons (Fsp3) is 0. The number of benzene rings is 2. The van der Waals surface area contributed by atoms with Crippen LogP contribution in [0.1, 0.15) is 15.9 Å². The van der Waals surface area contributed by atoms with E-state index in [0.29, 0.717) is 5.56 Å². The van der Waals surface area contributed by atoms with Gasteiger partial charge in [0.2, 0.25) is 0 Å². The second-order valence-electron chi connectivity index (χ2n) is 4.19. The molecule has 0 heterocycles. The number of rotatable bonds is 4. The van der Waals surface area contributed by atoms with Gasteiger partial charge >= 0.3 is 5.97 Å². The van der Waals surface area contributed by atoms with E-state index in [2.05, 4.69) is 5.16 Å². The van der Waals surface area contributed by atoms with Crippen molar-refractivity contribution in [1.82, 2.24) is 0 Å². The molecular formula is C14H11ClN2O4S. The molecule has 0 amide bonds. The molecule has 0 saturated heterocycles. The Bertz CT molecular complexity index is 820. The lowest BCUT2D eigenvalue weighted by Crippen LogP contribution is -2.15. The minimum Gasteiger partial charge on any atom is -0.380 e. The van der Waals surface area contributed by atoms with Gasteiger partial charge in [0.1, 0.15) is 0 Å². The zero-order valence-electron chi connectivity index (χ0n) is 11.1. The van der Waals surface area contributed by atoms with Crippen LogP contribution in [0.25, 0.3) is 0 Å². The van der Waals surface area contributed by atoms with E-state index in [0.717, 1.165) is 6.07 Å². The van der Waals surface area contributed by atoms with Crippen molar-refractivity contribution in [2.75, 3.05) is 0 Å². The average molecular weight is 339 g/mol. The Kier molecular flexibility index (Phi) is 4.79. The summed E-state index contributed by atoms with van der Waals surface area (Å²) in [6, 6.07) is 13.8. The van der Waals surface area contributed by atoms with Crippen LogP contribution < -0.4 is 5.73 Å². The van der Waals surface area contributed by atoms with E-state index in [9.17, 15) is 13.2 Å². The van der Waals surface area contributed by atoms with Gasteiger partial charge in [0, 0.05) is 16.2 Å². The van der Waals surface area contributed by atoms with Crippen molar-refractivity contribution in [2.45, 2.75) is 4.90 Å². The lowest BCUT2D eigenvalue weighted by molar-refractivity contribution is 0.0516. The first-order valence-electron chi connectivity index (χ1n) is 6.03. The van der Waals surface area contributed by atoms with Crippen LogP contribution in [0.15, 0.2) is 64.6 Å². The SMILES string of the molecule is N/C(=N\OC(=O)c1cccc(S(=O)(=O)Cl)c1)c1ccccc1. The Morgan fingerprint density at radius 1 is 1.05 bits per heavy atom. The quantitative estimate of drug-likeness (QED) is 0.302. The smallest absolute Gasteiger partial charge is 0.365 e.